The van der Waals surface area contributed by atoms with E-state index in [-0.39, 0.29) is 5.46 Å². The first kappa shape index (κ1) is 17.5. The minimum atomic E-state index is 0.286. The van der Waals surface area contributed by atoms with E-state index in [2.05, 4.69) is 19.7 Å². The van der Waals surface area contributed by atoms with Gasteiger partial charge in [-0.15, -0.1) is 17.5 Å². The molecule has 0 amide bonds. The van der Waals surface area contributed by atoms with Crippen molar-refractivity contribution < 1.29 is 0 Å². The summed E-state index contributed by atoms with van der Waals surface area (Å²) < 4.78 is 0. The van der Waals surface area contributed by atoms with Gasteiger partial charge in [-0.3, -0.25) is 0 Å². The molecule has 1 aromatic rings. The predicted octanol–water partition coefficient (Wildman–Crippen LogP) is 0.431. The first-order chi connectivity index (χ1) is 9.90. The molecule has 0 aliphatic heterocycles. The lowest BCUT2D eigenvalue weighted by atomic mass is 9.61. The summed E-state index contributed by atoms with van der Waals surface area (Å²) >= 11 is 0. The highest BCUT2D eigenvalue weighted by Crippen LogP contribution is 2.24. The van der Waals surface area contributed by atoms with Crippen molar-refractivity contribution in [3.63, 3.8) is 0 Å². The molecule has 0 N–H and O–H groups in total. The van der Waals surface area contributed by atoms with E-state index in [0.29, 0.717) is 27.5 Å². The van der Waals surface area contributed by atoms with E-state index < -0.39 is 0 Å². The zero-order valence-electron chi connectivity index (χ0n) is 12.6. The molecule has 0 nitrogen and oxygen atoms in total. The van der Waals surface area contributed by atoms with E-state index in [9.17, 15) is 0 Å². The largest absolute Gasteiger partial charge is 0.113 e. The molecule has 1 rings (SSSR count). The summed E-state index contributed by atoms with van der Waals surface area (Å²) in [5, 5.41) is 0. The van der Waals surface area contributed by atoms with Gasteiger partial charge in [0.2, 0.25) is 0 Å². The summed E-state index contributed by atoms with van der Waals surface area (Å²) in [6.45, 7) is 13.5. The van der Waals surface area contributed by atoms with E-state index in [4.69, 9.17) is 31.4 Å². The number of rotatable bonds is 6. The summed E-state index contributed by atoms with van der Waals surface area (Å²) in [7, 11) is 24.3. The molecule has 0 aromatic heterocycles. The summed E-state index contributed by atoms with van der Waals surface area (Å²) in [6, 6.07) is 0. The first-order valence-corrected chi connectivity index (χ1v) is 6.78. The van der Waals surface area contributed by atoms with Gasteiger partial charge in [0.05, 0.1) is 0 Å². The third-order valence-corrected chi connectivity index (χ3v) is 3.46. The van der Waals surface area contributed by atoms with Crippen LogP contribution in [0.4, 0.5) is 0 Å². The van der Waals surface area contributed by atoms with Crippen molar-refractivity contribution in [1.29, 1.82) is 0 Å². The average Bonchev–Trinajstić information content (AvgIpc) is 2.49. The van der Waals surface area contributed by atoms with Crippen LogP contribution in [0.3, 0.4) is 0 Å². The van der Waals surface area contributed by atoms with Gasteiger partial charge in [-0.1, -0.05) is 49.2 Å². The highest BCUT2D eigenvalue weighted by Gasteiger charge is 2.16. The van der Waals surface area contributed by atoms with Crippen LogP contribution in [0.2, 0.25) is 0 Å². The molecule has 0 aliphatic carbocycles. The molecule has 0 saturated heterocycles. The molecule has 1 aromatic carbocycles. The fourth-order valence-electron chi connectivity index (χ4n) is 2.25. The molecule has 0 saturated carbocycles. The van der Waals surface area contributed by atoms with Crippen LogP contribution in [0.5, 0.6) is 0 Å². The fourth-order valence-corrected chi connectivity index (χ4v) is 2.25. The van der Waals surface area contributed by atoms with Gasteiger partial charge in [0.1, 0.15) is 31.4 Å². The second kappa shape index (κ2) is 7.45. The molecule has 21 heavy (non-hydrogen) atoms. The van der Waals surface area contributed by atoms with Gasteiger partial charge in [-0.05, 0) is 35.1 Å². The van der Waals surface area contributed by atoms with Crippen molar-refractivity contribution in [1.82, 2.24) is 0 Å². The fraction of sp³-hybridized carbons (Fsp3) is 0.176. The summed E-state index contributed by atoms with van der Waals surface area (Å²) in [6.07, 6.45) is 7.00. The molecule has 0 aliphatic rings. The molecular weight excluding hydrogens is 247 g/mol. The molecule has 0 unspecified atom stereocenters. The van der Waals surface area contributed by atoms with Crippen molar-refractivity contribution in [2.24, 2.45) is 0 Å². The Hall–Kier alpha value is -1.56. The van der Waals surface area contributed by atoms with Crippen molar-refractivity contribution in [2.75, 3.05) is 0 Å². The standard InChI is InChI=1S/C17H16B4/c1-5-8-9-11(7-3)13-12(10(4)6-2)14(18)16(20)17(21)15(13)19/h5-6,9H,1-2,4,7-8H2,3H3/b11-9+. The molecule has 96 valence electrons. The Morgan fingerprint density at radius 1 is 0.952 bits per heavy atom. The normalized spacial score (nSPS) is 11.2. The minimum Gasteiger partial charge on any atom is -0.110 e. The van der Waals surface area contributed by atoms with Gasteiger partial charge < -0.3 is 0 Å². The Balaban J connectivity index is 3.80. The predicted molar refractivity (Wildman–Crippen MR) is 100 cm³/mol. The van der Waals surface area contributed by atoms with Crippen molar-refractivity contribution in [2.45, 2.75) is 19.8 Å². The van der Waals surface area contributed by atoms with Crippen LogP contribution in [0.1, 0.15) is 30.9 Å². The lowest BCUT2D eigenvalue weighted by Gasteiger charge is -2.24. The lowest BCUT2D eigenvalue weighted by Crippen LogP contribution is -2.50. The molecule has 0 atom stereocenters. The monoisotopic (exact) mass is 264 g/mol. The molecule has 0 heterocycles. The molecular formula is C17H16B4. The van der Waals surface area contributed by atoms with E-state index >= 15 is 0 Å². The van der Waals surface area contributed by atoms with E-state index in [1.54, 1.807) is 6.08 Å². The zero-order chi connectivity index (χ0) is 16.2. The minimum absolute atomic E-state index is 0.286. The summed E-state index contributed by atoms with van der Waals surface area (Å²) in [4.78, 5) is 0. The molecule has 0 bridgehead atoms. The van der Waals surface area contributed by atoms with Crippen LogP contribution in [-0.4, -0.2) is 31.4 Å². The number of hydrogen-bond acceptors (Lipinski definition) is 0. The Kier molecular flexibility index (Phi) is 6.20. The third-order valence-electron chi connectivity index (χ3n) is 3.46. The number of allylic oxidation sites excluding steroid dienone is 5. The highest BCUT2D eigenvalue weighted by atomic mass is 14.2. The van der Waals surface area contributed by atoms with E-state index in [1.165, 1.54) is 0 Å². The van der Waals surface area contributed by atoms with Crippen molar-refractivity contribution in [3.8, 4) is 0 Å². The van der Waals surface area contributed by atoms with Crippen molar-refractivity contribution in [3.05, 3.63) is 49.1 Å². The first-order valence-electron chi connectivity index (χ1n) is 6.78. The second-order valence-corrected chi connectivity index (χ2v) is 4.74. The van der Waals surface area contributed by atoms with E-state index in [0.717, 1.165) is 24.0 Å². The van der Waals surface area contributed by atoms with Crippen LogP contribution in [0.15, 0.2) is 38.0 Å². The highest BCUT2D eigenvalue weighted by molar-refractivity contribution is 6.64. The maximum absolute atomic E-state index is 6.19. The molecule has 0 spiro atoms. The van der Waals surface area contributed by atoms with Crippen LogP contribution >= 0.6 is 0 Å². The maximum Gasteiger partial charge on any atom is 0.113 e. The Bertz CT molecular complexity index is 624. The summed E-state index contributed by atoms with van der Waals surface area (Å²) in [5.41, 5.74) is 4.59. The summed E-state index contributed by atoms with van der Waals surface area (Å²) in [5.74, 6) is 0. The maximum atomic E-state index is 6.19. The van der Waals surface area contributed by atoms with Gasteiger partial charge in [0, 0.05) is 0 Å². The number of benzene rings is 1. The van der Waals surface area contributed by atoms with Gasteiger partial charge in [0.15, 0.2) is 0 Å². The van der Waals surface area contributed by atoms with Crippen molar-refractivity contribution >= 4 is 64.4 Å². The van der Waals surface area contributed by atoms with Gasteiger partial charge >= 0.3 is 0 Å². The van der Waals surface area contributed by atoms with Crippen LogP contribution in [0, 0.1) is 0 Å². The van der Waals surface area contributed by atoms with E-state index in [1.807, 2.05) is 19.1 Å². The number of hydrogen-bond donors (Lipinski definition) is 0. The Morgan fingerprint density at radius 3 is 1.90 bits per heavy atom. The second-order valence-electron chi connectivity index (χ2n) is 4.74. The van der Waals surface area contributed by atoms with Gasteiger partial charge in [-0.2, -0.15) is 0 Å². The SMILES string of the molecule is [B]c1c([B])c([B])c(/C(=C/CC=C)CC)c(C(=C)C=C)c1[B]. The average molecular weight is 264 g/mol. The Labute approximate surface area is 133 Å². The molecule has 4 heteroatoms. The smallest absolute Gasteiger partial charge is 0.110 e. The topological polar surface area (TPSA) is 0 Å². The Morgan fingerprint density at radius 2 is 1.48 bits per heavy atom. The zero-order valence-corrected chi connectivity index (χ0v) is 12.6. The van der Waals surface area contributed by atoms with Gasteiger partial charge in [-0.25, -0.2) is 0 Å². The van der Waals surface area contributed by atoms with Crippen LogP contribution in [0.25, 0.3) is 11.1 Å². The lowest BCUT2D eigenvalue weighted by molar-refractivity contribution is 1.22. The molecule has 8 radical (unpaired) electrons. The van der Waals surface area contributed by atoms with Crippen LogP contribution < -0.4 is 21.9 Å². The third kappa shape index (κ3) is 3.37. The van der Waals surface area contributed by atoms with Crippen LogP contribution in [-0.2, 0) is 0 Å². The molecule has 0 fully saturated rings. The quantitative estimate of drug-likeness (QED) is 0.397. The van der Waals surface area contributed by atoms with Gasteiger partial charge in [0.25, 0.3) is 0 Å².